The van der Waals surface area contributed by atoms with Gasteiger partial charge < -0.3 is 14.2 Å². The van der Waals surface area contributed by atoms with E-state index in [1.165, 1.54) is 4.90 Å². The van der Waals surface area contributed by atoms with Gasteiger partial charge in [-0.25, -0.2) is 0 Å². The van der Waals surface area contributed by atoms with Gasteiger partial charge in [0.25, 0.3) is 5.91 Å². The summed E-state index contributed by atoms with van der Waals surface area (Å²) in [6.45, 7) is 7.64. The Bertz CT molecular complexity index is 1060. The van der Waals surface area contributed by atoms with Crippen LogP contribution in [-0.2, 0) is 0 Å². The minimum atomic E-state index is -0.443. The summed E-state index contributed by atoms with van der Waals surface area (Å²) in [6.07, 6.45) is 3.38. The standard InChI is InChI=1S/C22H23N3O3/c1-3-24(4-2)13-14-25-19(15-9-11-23-12-10-15)18-20(26)16-7-5-6-8-17(16)28-21(18)22(25)27/h5-12,19H,3-4,13-14H2,1-2H3/p+1/t19-/m1/s1. The molecular formula is C22H24N3O3+. The molecule has 6 nitrogen and oxygen atoms in total. The molecule has 1 aromatic carbocycles. The summed E-state index contributed by atoms with van der Waals surface area (Å²) < 4.78 is 5.93. The number of carbonyl (C=O) groups is 1. The number of quaternary nitrogens is 1. The third-order valence-electron chi connectivity index (χ3n) is 5.60. The van der Waals surface area contributed by atoms with Gasteiger partial charge in [0.2, 0.25) is 5.76 Å². The minimum Gasteiger partial charge on any atom is -0.450 e. The lowest BCUT2D eigenvalue weighted by Gasteiger charge is -2.26. The predicted molar refractivity (Wildman–Crippen MR) is 107 cm³/mol. The maximum absolute atomic E-state index is 13.3. The van der Waals surface area contributed by atoms with E-state index in [1.54, 1.807) is 35.5 Å². The van der Waals surface area contributed by atoms with Gasteiger partial charge >= 0.3 is 0 Å². The Morgan fingerprint density at radius 1 is 1.07 bits per heavy atom. The van der Waals surface area contributed by atoms with E-state index in [1.807, 2.05) is 18.2 Å². The van der Waals surface area contributed by atoms with Crippen LogP contribution in [0.15, 0.2) is 58.0 Å². The summed E-state index contributed by atoms with van der Waals surface area (Å²) in [4.78, 5) is 33.8. The SMILES string of the molecule is CC[NH+](CC)CCN1C(=O)c2oc3ccccc3c(=O)c2[C@H]1c1ccncc1. The molecule has 0 bridgehead atoms. The van der Waals surface area contributed by atoms with Crippen molar-refractivity contribution in [1.82, 2.24) is 9.88 Å². The highest BCUT2D eigenvalue weighted by atomic mass is 16.3. The molecule has 0 fully saturated rings. The lowest BCUT2D eigenvalue weighted by atomic mass is 9.99. The molecule has 1 aliphatic rings. The van der Waals surface area contributed by atoms with E-state index in [9.17, 15) is 9.59 Å². The second-order valence-corrected chi connectivity index (χ2v) is 7.06. The molecule has 1 N–H and O–H groups in total. The van der Waals surface area contributed by atoms with Crippen molar-refractivity contribution in [2.75, 3.05) is 26.2 Å². The molecule has 1 amide bonds. The quantitative estimate of drug-likeness (QED) is 0.708. The summed E-state index contributed by atoms with van der Waals surface area (Å²) in [5, 5.41) is 0.504. The lowest BCUT2D eigenvalue weighted by Crippen LogP contribution is -3.12. The summed E-state index contributed by atoms with van der Waals surface area (Å²) in [5.74, 6) is -0.0497. The van der Waals surface area contributed by atoms with Gasteiger partial charge in [0.05, 0.1) is 43.2 Å². The van der Waals surface area contributed by atoms with Crippen molar-refractivity contribution < 1.29 is 14.1 Å². The Kier molecular flexibility index (Phi) is 4.96. The van der Waals surface area contributed by atoms with Crippen LogP contribution in [0, 0.1) is 0 Å². The number of rotatable bonds is 6. The first-order chi connectivity index (χ1) is 13.7. The lowest BCUT2D eigenvalue weighted by molar-refractivity contribution is -0.895. The third-order valence-corrected chi connectivity index (χ3v) is 5.60. The molecule has 144 valence electrons. The maximum Gasteiger partial charge on any atom is 0.291 e. The molecule has 3 heterocycles. The topological polar surface area (TPSA) is 67.8 Å². The molecule has 1 atom stereocenters. The second-order valence-electron chi connectivity index (χ2n) is 7.06. The van der Waals surface area contributed by atoms with Crippen molar-refractivity contribution in [3.63, 3.8) is 0 Å². The minimum absolute atomic E-state index is 0.135. The molecule has 0 saturated heterocycles. The Hall–Kier alpha value is -2.99. The number of hydrogen-bond acceptors (Lipinski definition) is 4. The number of nitrogens with zero attached hydrogens (tertiary/aromatic N) is 2. The molecule has 0 spiro atoms. The first-order valence-electron chi connectivity index (χ1n) is 9.75. The summed E-state index contributed by atoms with van der Waals surface area (Å²) in [6, 6.07) is 10.4. The van der Waals surface area contributed by atoms with Crippen LogP contribution >= 0.6 is 0 Å². The Morgan fingerprint density at radius 3 is 2.50 bits per heavy atom. The van der Waals surface area contributed by atoms with E-state index >= 15 is 0 Å². The van der Waals surface area contributed by atoms with Crippen LogP contribution in [0.5, 0.6) is 0 Å². The number of aromatic nitrogens is 1. The molecule has 4 rings (SSSR count). The Morgan fingerprint density at radius 2 is 1.79 bits per heavy atom. The fourth-order valence-corrected chi connectivity index (χ4v) is 3.97. The number of likely N-dealkylation sites (N-methyl/N-ethyl adjacent to an activating group) is 1. The Balaban J connectivity index is 1.85. The van der Waals surface area contributed by atoms with Crippen molar-refractivity contribution in [3.8, 4) is 0 Å². The summed E-state index contributed by atoms with van der Waals surface area (Å²) in [7, 11) is 0. The molecule has 2 aromatic heterocycles. The molecular weight excluding hydrogens is 354 g/mol. The fourth-order valence-electron chi connectivity index (χ4n) is 3.97. The molecule has 28 heavy (non-hydrogen) atoms. The summed E-state index contributed by atoms with van der Waals surface area (Å²) in [5.41, 5.74) is 1.62. The van der Waals surface area contributed by atoms with E-state index in [0.29, 0.717) is 23.1 Å². The summed E-state index contributed by atoms with van der Waals surface area (Å²) >= 11 is 0. The molecule has 3 aromatic rings. The smallest absolute Gasteiger partial charge is 0.291 e. The van der Waals surface area contributed by atoms with E-state index < -0.39 is 6.04 Å². The van der Waals surface area contributed by atoms with Gasteiger partial charge in [0.15, 0.2) is 5.43 Å². The fraction of sp³-hybridized carbons (Fsp3) is 0.318. The molecule has 1 aliphatic heterocycles. The molecule has 0 aliphatic carbocycles. The van der Waals surface area contributed by atoms with Crippen molar-refractivity contribution in [3.05, 3.63) is 75.9 Å². The number of hydrogen-bond donors (Lipinski definition) is 1. The Labute approximate surface area is 163 Å². The first kappa shape index (κ1) is 18.4. The van der Waals surface area contributed by atoms with Crippen molar-refractivity contribution in [2.24, 2.45) is 0 Å². The highest BCUT2D eigenvalue weighted by Gasteiger charge is 2.42. The average Bonchev–Trinajstić information content (AvgIpc) is 3.02. The third kappa shape index (κ3) is 2.99. The number of carbonyl (C=O) groups excluding carboxylic acids is 1. The predicted octanol–water partition coefficient (Wildman–Crippen LogP) is 1.66. The number of pyridine rings is 1. The van der Waals surface area contributed by atoms with E-state index in [2.05, 4.69) is 18.8 Å². The van der Waals surface area contributed by atoms with Crippen LogP contribution in [-0.4, -0.2) is 42.0 Å². The zero-order valence-electron chi connectivity index (χ0n) is 16.1. The zero-order chi connectivity index (χ0) is 19.7. The second kappa shape index (κ2) is 7.56. The number of fused-ring (bicyclic) bond motifs is 2. The van der Waals surface area contributed by atoms with Crippen LogP contribution in [0.4, 0.5) is 0 Å². The largest absolute Gasteiger partial charge is 0.450 e. The van der Waals surface area contributed by atoms with Crippen molar-refractivity contribution in [1.29, 1.82) is 0 Å². The molecule has 0 saturated carbocycles. The van der Waals surface area contributed by atoms with E-state index in [4.69, 9.17) is 4.42 Å². The average molecular weight is 378 g/mol. The first-order valence-corrected chi connectivity index (χ1v) is 9.75. The van der Waals surface area contributed by atoms with Gasteiger partial charge in [-0.3, -0.25) is 14.6 Å². The normalized spacial score (nSPS) is 16.2. The van der Waals surface area contributed by atoms with Gasteiger partial charge in [0.1, 0.15) is 5.58 Å². The van der Waals surface area contributed by atoms with Gasteiger partial charge in [0, 0.05) is 12.4 Å². The molecule has 0 unspecified atom stereocenters. The molecule has 6 heteroatoms. The monoisotopic (exact) mass is 378 g/mol. The van der Waals surface area contributed by atoms with Crippen molar-refractivity contribution >= 4 is 16.9 Å². The van der Waals surface area contributed by atoms with Crippen LogP contribution in [0.3, 0.4) is 0 Å². The van der Waals surface area contributed by atoms with E-state index in [-0.39, 0.29) is 17.1 Å². The van der Waals surface area contributed by atoms with Crippen LogP contribution < -0.4 is 10.3 Å². The van der Waals surface area contributed by atoms with Crippen LogP contribution in [0.2, 0.25) is 0 Å². The number of para-hydroxylation sites is 1. The maximum atomic E-state index is 13.3. The number of nitrogens with one attached hydrogen (secondary N) is 1. The number of amides is 1. The van der Waals surface area contributed by atoms with Crippen LogP contribution in [0.25, 0.3) is 11.0 Å². The van der Waals surface area contributed by atoms with Gasteiger partial charge in [-0.05, 0) is 43.7 Å². The van der Waals surface area contributed by atoms with Crippen LogP contribution in [0.1, 0.15) is 41.6 Å². The molecule has 0 radical (unpaired) electrons. The van der Waals surface area contributed by atoms with Crippen molar-refractivity contribution in [2.45, 2.75) is 19.9 Å². The van der Waals surface area contributed by atoms with E-state index in [0.717, 1.165) is 25.2 Å². The number of benzene rings is 1. The highest BCUT2D eigenvalue weighted by molar-refractivity contribution is 5.99. The zero-order valence-corrected chi connectivity index (χ0v) is 16.1. The van der Waals surface area contributed by atoms with Gasteiger partial charge in [-0.1, -0.05) is 12.1 Å². The van der Waals surface area contributed by atoms with Gasteiger partial charge in [-0.2, -0.15) is 0 Å². The highest BCUT2D eigenvalue weighted by Crippen LogP contribution is 2.37. The van der Waals surface area contributed by atoms with Gasteiger partial charge in [-0.15, -0.1) is 0 Å².